The van der Waals surface area contributed by atoms with Crippen molar-refractivity contribution >= 4 is 11.6 Å². The van der Waals surface area contributed by atoms with E-state index in [4.69, 9.17) is 9.47 Å². The second kappa shape index (κ2) is 7.40. The van der Waals surface area contributed by atoms with Crippen molar-refractivity contribution in [3.8, 4) is 0 Å². The third-order valence-corrected chi connectivity index (χ3v) is 3.40. The molecular formula is C14H24N4O2. The molecule has 2 rings (SSSR count). The zero-order valence-corrected chi connectivity index (χ0v) is 12.6. The second-order valence-corrected chi connectivity index (χ2v) is 5.02. The maximum Gasteiger partial charge on any atom is 0.158 e. The van der Waals surface area contributed by atoms with Crippen LogP contribution in [-0.2, 0) is 16.1 Å². The molecule has 6 nitrogen and oxygen atoms in total. The van der Waals surface area contributed by atoms with Gasteiger partial charge in [-0.2, -0.15) is 0 Å². The SMILES string of the molecule is CCCNc1cc(N(C)C2CCOC2)nc(COC)n1. The number of methoxy groups -OCH3 is 1. The van der Waals surface area contributed by atoms with Crippen molar-refractivity contribution in [3.05, 3.63) is 11.9 Å². The first kappa shape index (κ1) is 15.0. The van der Waals surface area contributed by atoms with Gasteiger partial charge in [0.2, 0.25) is 0 Å². The molecule has 112 valence electrons. The van der Waals surface area contributed by atoms with Crippen molar-refractivity contribution in [2.45, 2.75) is 32.4 Å². The molecule has 0 spiro atoms. The van der Waals surface area contributed by atoms with Crippen LogP contribution in [0, 0.1) is 0 Å². The molecule has 1 unspecified atom stereocenters. The van der Waals surface area contributed by atoms with Crippen LogP contribution in [0.4, 0.5) is 11.6 Å². The van der Waals surface area contributed by atoms with Crippen LogP contribution < -0.4 is 10.2 Å². The summed E-state index contributed by atoms with van der Waals surface area (Å²) in [5, 5.41) is 3.31. The number of nitrogens with one attached hydrogen (secondary N) is 1. The Hall–Kier alpha value is -1.40. The quantitative estimate of drug-likeness (QED) is 0.820. The third-order valence-electron chi connectivity index (χ3n) is 3.40. The second-order valence-electron chi connectivity index (χ2n) is 5.02. The summed E-state index contributed by atoms with van der Waals surface area (Å²) in [6.07, 6.45) is 2.10. The monoisotopic (exact) mass is 280 g/mol. The van der Waals surface area contributed by atoms with Gasteiger partial charge in [-0.3, -0.25) is 0 Å². The normalized spacial score (nSPS) is 18.2. The van der Waals surface area contributed by atoms with Crippen molar-refractivity contribution in [3.63, 3.8) is 0 Å². The first-order valence-corrected chi connectivity index (χ1v) is 7.16. The number of ether oxygens (including phenoxy) is 2. The Labute approximate surface area is 120 Å². The zero-order chi connectivity index (χ0) is 14.4. The molecule has 20 heavy (non-hydrogen) atoms. The number of rotatable bonds is 7. The lowest BCUT2D eigenvalue weighted by Crippen LogP contribution is -2.32. The van der Waals surface area contributed by atoms with E-state index in [-0.39, 0.29) is 0 Å². The highest BCUT2D eigenvalue weighted by atomic mass is 16.5. The molecule has 0 radical (unpaired) electrons. The minimum absolute atomic E-state index is 0.388. The number of likely N-dealkylation sites (N-methyl/N-ethyl adjacent to an activating group) is 1. The number of hydrogen-bond acceptors (Lipinski definition) is 6. The molecule has 1 aliphatic heterocycles. The van der Waals surface area contributed by atoms with Gasteiger partial charge >= 0.3 is 0 Å². The van der Waals surface area contributed by atoms with Crippen LogP contribution in [-0.4, -0.2) is 49.9 Å². The Morgan fingerprint density at radius 1 is 1.50 bits per heavy atom. The molecule has 1 aliphatic rings. The summed E-state index contributed by atoms with van der Waals surface area (Å²) in [5.74, 6) is 2.48. The number of hydrogen-bond donors (Lipinski definition) is 1. The Kier molecular flexibility index (Phi) is 5.55. The van der Waals surface area contributed by atoms with Crippen molar-refractivity contribution in [1.29, 1.82) is 0 Å². The Balaban J connectivity index is 2.18. The number of aromatic nitrogens is 2. The highest BCUT2D eigenvalue weighted by molar-refractivity contribution is 5.49. The maximum atomic E-state index is 5.45. The molecule has 0 saturated carbocycles. The van der Waals surface area contributed by atoms with E-state index in [2.05, 4.69) is 34.2 Å². The van der Waals surface area contributed by atoms with Crippen molar-refractivity contribution in [2.75, 3.05) is 44.1 Å². The number of nitrogens with zero attached hydrogens (tertiary/aromatic N) is 3. The Morgan fingerprint density at radius 3 is 3.00 bits per heavy atom. The van der Waals surface area contributed by atoms with E-state index in [1.807, 2.05) is 6.07 Å². The van der Waals surface area contributed by atoms with Gasteiger partial charge in [-0.15, -0.1) is 0 Å². The highest BCUT2D eigenvalue weighted by Crippen LogP contribution is 2.21. The first-order chi connectivity index (χ1) is 9.74. The largest absolute Gasteiger partial charge is 0.379 e. The van der Waals surface area contributed by atoms with Gasteiger partial charge in [-0.1, -0.05) is 6.92 Å². The molecule has 1 atom stereocenters. The summed E-state index contributed by atoms with van der Waals surface area (Å²) in [6, 6.07) is 2.38. The average molecular weight is 280 g/mol. The molecule has 0 amide bonds. The van der Waals surface area contributed by atoms with Crippen molar-refractivity contribution < 1.29 is 9.47 Å². The average Bonchev–Trinajstić information content (AvgIpc) is 2.98. The standard InChI is InChI=1S/C14H24N4O2/c1-4-6-15-12-8-14(17-13(16-12)10-19-3)18(2)11-5-7-20-9-11/h8,11H,4-7,9-10H2,1-3H3,(H,15,16,17). The zero-order valence-electron chi connectivity index (χ0n) is 12.6. The summed E-state index contributed by atoms with van der Waals surface area (Å²) in [6.45, 7) is 5.04. The topological polar surface area (TPSA) is 59.5 Å². The van der Waals surface area contributed by atoms with Gasteiger partial charge < -0.3 is 19.7 Å². The molecule has 2 heterocycles. The van der Waals surface area contributed by atoms with E-state index in [0.717, 1.165) is 44.2 Å². The molecule has 0 aromatic carbocycles. The van der Waals surface area contributed by atoms with Gasteiger partial charge in [0, 0.05) is 33.4 Å². The maximum absolute atomic E-state index is 5.45. The summed E-state index contributed by atoms with van der Waals surface area (Å²) in [5.41, 5.74) is 0. The van der Waals surface area contributed by atoms with Crippen LogP contribution in [0.1, 0.15) is 25.6 Å². The van der Waals surface area contributed by atoms with Gasteiger partial charge in [0.25, 0.3) is 0 Å². The fourth-order valence-electron chi connectivity index (χ4n) is 2.22. The summed E-state index contributed by atoms with van der Waals surface area (Å²) < 4.78 is 10.6. The van der Waals surface area contributed by atoms with Gasteiger partial charge in [-0.25, -0.2) is 9.97 Å². The van der Waals surface area contributed by atoms with Gasteiger partial charge in [0.1, 0.15) is 18.2 Å². The van der Waals surface area contributed by atoms with E-state index in [9.17, 15) is 0 Å². The third kappa shape index (κ3) is 3.80. The smallest absolute Gasteiger partial charge is 0.158 e. The summed E-state index contributed by atoms with van der Waals surface area (Å²) in [4.78, 5) is 11.2. The molecule has 1 saturated heterocycles. The van der Waals surface area contributed by atoms with Crippen LogP contribution >= 0.6 is 0 Å². The van der Waals surface area contributed by atoms with Crippen molar-refractivity contribution in [1.82, 2.24) is 9.97 Å². The molecule has 0 aliphatic carbocycles. The molecule has 1 aromatic heterocycles. The highest BCUT2D eigenvalue weighted by Gasteiger charge is 2.22. The molecule has 1 N–H and O–H groups in total. The summed E-state index contributed by atoms with van der Waals surface area (Å²) in [7, 11) is 3.71. The fraction of sp³-hybridized carbons (Fsp3) is 0.714. The predicted molar refractivity (Wildman–Crippen MR) is 79.2 cm³/mol. The van der Waals surface area contributed by atoms with Gasteiger partial charge in [-0.05, 0) is 12.8 Å². The minimum Gasteiger partial charge on any atom is -0.379 e. The molecule has 6 heteroatoms. The first-order valence-electron chi connectivity index (χ1n) is 7.16. The van der Waals surface area contributed by atoms with E-state index in [0.29, 0.717) is 18.5 Å². The molecule has 0 bridgehead atoms. The minimum atomic E-state index is 0.388. The van der Waals surface area contributed by atoms with E-state index < -0.39 is 0 Å². The molecule has 1 fully saturated rings. The predicted octanol–water partition coefficient (Wildman–Crippen LogP) is 1.67. The van der Waals surface area contributed by atoms with Crippen LogP contribution in [0.5, 0.6) is 0 Å². The van der Waals surface area contributed by atoms with Crippen molar-refractivity contribution in [2.24, 2.45) is 0 Å². The van der Waals surface area contributed by atoms with E-state index in [1.54, 1.807) is 7.11 Å². The van der Waals surface area contributed by atoms with Crippen LogP contribution in [0.25, 0.3) is 0 Å². The molecular weight excluding hydrogens is 256 g/mol. The Bertz CT molecular complexity index is 422. The van der Waals surface area contributed by atoms with Gasteiger partial charge in [0.05, 0.1) is 12.6 Å². The van der Waals surface area contributed by atoms with Crippen LogP contribution in [0.3, 0.4) is 0 Å². The van der Waals surface area contributed by atoms with E-state index in [1.165, 1.54) is 0 Å². The lowest BCUT2D eigenvalue weighted by Gasteiger charge is -2.25. The summed E-state index contributed by atoms with van der Waals surface area (Å²) >= 11 is 0. The molecule has 1 aromatic rings. The Morgan fingerprint density at radius 2 is 2.35 bits per heavy atom. The van der Waals surface area contributed by atoms with Crippen LogP contribution in [0.15, 0.2) is 6.07 Å². The lowest BCUT2D eigenvalue weighted by molar-refractivity contribution is 0.178. The fourth-order valence-corrected chi connectivity index (χ4v) is 2.22. The van der Waals surface area contributed by atoms with Crippen LogP contribution in [0.2, 0.25) is 0 Å². The lowest BCUT2D eigenvalue weighted by atomic mass is 10.2. The number of anilines is 2. The van der Waals surface area contributed by atoms with Gasteiger partial charge in [0.15, 0.2) is 5.82 Å². The van der Waals surface area contributed by atoms with E-state index >= 15 is 0 Å².